The van der Waals surface area contributed by atoms with Crippen LogP contribution in [0.25, 0.3) is 0 Å². The number of ketones is 1. The summed E-state index contributed by atoms with van der Waals surface area (Å²) in [6.45, 7) is 0.202. The maximum atomic E-state index is 11.9. The van der Waals surface area contributed by atoms with Gasteiger partial charge in [-0.15, -0.1) is 0 Å². The van der Waals surface area contributed by atoms with Gasteiger partial charge in [-0.3, -0.25) is 14.9 Å². The molecular weight excluding hydrogens is 286 g/mol. The number of non-ortho nitro benzene ring substituents is 1. The fraction of sp³-hybridized carbons (Fsp3) is 0.188. The molecule has 0 aliphatic heterocycles. The molecule has 0 N–H and O–H groups in total. The molecule has 0 aliphatic rings. The minimum Gasteiger partial charge on any atom is -0.488 e. The van der Waals surface area contributed by atoms with Crippen LogP contribution in [-0.2, 0) is 11.3 Å². The van der Waals surface area contributed by atoms with Gasteiger partial charge >= 0.3 is 0 Å². The summed E-state index contributed by atoms with van der Waals surface area (Å²) in [5.41, 5.74) is 1.25. The Morgan fingerprint density at radius 1 is 1.14 bits per heavy atom. The average Bonchev–Trinajstić information content (AvgIpc) is 2.54. The number of nitrogens with zero attached hydrogens (tertiary/aromatic N) is 1. The minimum atomic E-state index is -0.455. The summed E-state index contributed by atoms with van der Waals surface area (Å²) in [4.78, 5) is 22.1. The first-order valence-corrected chi connectivity index (χ1v) is 6.59. The molecular formula is C16H15NO5. The quantitative estimate of drug-likeness (QED) is 0.446. The van der Waals surface area contributed by atoms with E-state index >= 15 is 0 Å². The molecule has 0 bridgehead atoms. The number of ether oxygens (including phenoxy) is 2. The van der Waals surface area contributed by atoms with Crippen molar-refractivity contribution >= 4 is 11.5 Å². The van der Waals surface area contributed by atoms with Crippen LogP contribution in [0.1, 0.15) is 15.9 Å². The van der Waals surface area contributed by atoms with Gasteiger partial charge in [0.15, 0.2) is 5.78 Å². The lowest BCUT2D eigenvalue weighted by molar-refractivity contribution is -0.384. The van der Waals surface area contributed by atoms with Crippen LogP contribution in [0, 0.1) is 10.1 Å². The zero-order valence-electron chi connectivity index (χ0n) is 12.0. The standard InChI is InChI=1S/C16H15NO5/c1-21-11-15(18)14-4-2-3-5-16(14)22-10-12-6-8-13(9-7-12)17(19)20/h2-9H,10-11H2,1H3. The van der Waals surface area contributed by atoms with E-state index in [4.69, 9.17) is 9.47 Å². The van der Waals surface area contributed by atoms with Gasteiger partial charge in [0.2, 0.25) is 0 Å². The summed E-state index contributed by atoms with van der Waals surface area (Å²) in [6, 6.07) is 13.0. The van der Waals surface area contributed by atoms with Crippen molar-refractivity contribution in [1.82, 2.24) is 0 Å². The Morgan fingerprint density at radius 2 is 1.82 bits per heavy atom. The molecule has 0 unspecified atom stereocenters. The number of nitro groups is 1. The number of Topliss-reactive ketones (excluding diaryl/α,β-unsaturated/α-hetero) is 1. The number of carbonyl (C=O) groups is 1. The molecule has 6 heteroatoms. The number of nitro benzene ring substituents is 1. The molecule has 0 atom stereocenters. The number of methoxy groups -OCH3 is 1. The van der Waals surface area contributed by atoms with E-state index in [2.05, 4.69) is 0 Å². The van der Waals surface area contributed by atoms with Gasteiger partial charge in [-0.05, 0) is 29.8 Å². The second-order valence-electron chi connectivity index (χ2n) is 4.56. The number of rotatable bonds is 7. The minimum absolute atomic E-state index is 0.0160. The molecule has 2 aromatic carbocycles. The van der Waals surface area contributed by atoms with Crippen molar-refractivity contribution in [2.45, 2.75) is 6.61 Å². The molecule has 0 aliphatic carbocycles. The summed E-state index contributed by atoms with van der Waals surface area (Å²) in [5, 5.41) is 10.6. The lowest BCUT2D eigenvalue weighted by Gasteiger charge is -2.10. The number of carbonyl (C=O) groups excluding carboxylic acids is 1. The van der Waals surface area contributed by atoms with Crippen molar-refractivity contribution in [3.8, 4) is 5.75 Å². The topological polar surface area (TPSA) is 78.7 Å². The summed E-state index contributed by atoms with van der Waals surface area (Å²) in [6.07, 6.45) is 0. The maximum Gasteiger partial charge on any atom is 0.269 e. The molecule has 0 amide bonds. The van der Waals surface area contributed by atoms with Crippen LogP contribution in [-0.4, -0.2) is 24.4 Å². The molecule has 0 saturated heterocycles. The smallest absolute Gasteiger partial charge is 0.269 e. The van der Waals surface area contributed by atoms with Crippen LogP contribution in [0.15, 0.2) is 48.5 Å². The van der Waals surface area contributed by atoms with Gasteiger partial charge < -0.3 is 9.47 Å². The van der Waals surface area contributed by atoms with Crippen LogP contribution >= 0.6 is 0 Å². The Kier molecular flexibility index (Phi) is 5.21. The molecule has 0 saturated carbocycles. The Balaban J connectivity index is 2.08. The lowest BCUT2D eigenvalue weighted by atomic mass is 10.1. The third-order valence-corrected chi connectivity index (χ3v) is 3.00. The highest BCUT2D eigenvalue weighted by atomic mass is 16.6. The zero-order valence-corrected chi connectivity index (χ0v) is 12.0. The highest BCUT2D eigenvalue weighted by Crippen LogP contribution is 2.20. The second-order valence-corrected chi connectivity index (χ2v) is 4.56. The van der Waals surface area contributed by atoms with E-state index in [0.29, 0.717) is 11.3 Å². The fourth-order valence-corrected chi connectivity index (χ4v) is 1.91. The number of hydrogen-bond acceptors (Lipinski definition) is 5. The van der Waals surface area contributed by atoms with E-state index < -0.39 is 4.92 Å². The molecule has 22 heavy (non-hydrogen) atoms. The van der Waals surface area contributed by atoms with Crippen molar-refractivity contribution in [2.75, 3.05) is 13.7 Å². The molecule has 2 aromatic rings. The summed E-state index contributed by atoms with van der Waals surface area (Å²) >= 11 is 0. The Labute approximate surface area is 127 Å². The van der Waals surface area contributed by atoms with Crippen molar-refractivity contribution in [3.63, 3.8) is 0 Å². The Hall–Kier alpha value is -2.73. The van der Waals surface area contributed by atoms with Gasteiger partial charge in [0.25, 0.3) is 5.69 Å². The van der Waals surface area contributed by atoms with Gasteiger partial charge in [-0.2, -0.15) is 0 Å². The Bertz CT molecular complexity index is 666. The molecule has 6 nitrogen and oxygen atoms in total. The highest BCUT2D eigenvalue weighted by Gasteiger charge is 2.12. The van der Waals surface area contributed by atoms with Crippen LogP contribution in [0.3, 0.4) is 0 Å². The van der Waals surface area contributed by atoms with Gasteiger partial charge in [0.05, 0.1) is 10.5 Å². The van der Waals surface area contributed by atoms with Crippen LogP contribution in [0.2, 0.25) is 0 Å². The molecule has 0 spiro atoms. The first-order chi connectivity index (χ1) is 10.6. The molecule has 0 radical (unpaired) electrons. The van der Waals surface area contributed by atoms with E-state index in [0.717, 1.165) is 5.56 Å². The first kappa shape index (κ1) is 15.7. The monoisotopic (exact) mass is 301 g/mol. The number of benzene rings is 2. The zero-order chi connectivity index (χ0) is 15.9. The highest BCUT2D eigenvalue weighted by molar-refractivity contribution is 5.99. The molecule has 2 rings (SSSR count). The molecule has 0 aromatic heterocycles. The van der Waals surface area contributed by atoms with E-state index in [-0.39, 0.29) is 24.7 Å². The van der Waals surface area contributed by atoms with Crippen LogP contribution < -0.4 is 4.74 Å². The molecule has 114 valence electrons. The normalized spacial score (nSPS) is 10.2. The third kappa shape index (κ3) is 3.89. The summed E-state index contributed by atoms with van der Waals surface area (Å²) in [7, 11) is 1.46. The van der Waals surface area contributed by atoms with Gasteiger partial charge in [0.1, 0.15) is 19.0 Å². The predicted octanol–water partition coefficient (Wildman–Crippen LogP) is 3.00. The first-order valence-electron chi connectivity index (χ1n) is 6.59. The van der Waals surface area contributed by atoms with E-state index in [1.807, 2.05) is 0 Å². The average molecular weight is 301 g/mol. The maximum absolute atomic E-state index is 11.9. The number of para-hydroxylation sites is 1. The molecule has 0 fully saturated rings. The van der Waals surface area contributed by atoms with E-state index in [9.17, 15) is 14.9 Å². The van der Waals surface area contributed by atoms with Crippen LogP contribution in [0.4, 0.5) is 5.69 Å². The lowest BCUT2D eigenvalue weighted by Crippen LogP contribution is -2.09. The van der Waals surface area contributed by atoms with Crippen molar-refractivity contribution in [3.05, 3.63) is 69.8 Å². The summed E-state index contributed by atoms with van der Waals surface area (Å²) in [5.74, 6) is 0.296. The molecule has 0 heterocycles. The van der Waals surface area contributed by atoms with Crippen molar-refractivity contribution in [1.29, 1.82) is 0 Å². The number of hydrogen-bond donors (Lipinski definition) is 0. The Morgan fingerprint density at radius 3 is 2.45 bits per heavy atom. The van der Waals surface area contributed by atoms with Crippen LogP contribution in [0.5, 0.6) is 5.75 Å². The predicted molar refractivity (Wildman–Crippen MR) is 80.1 cm³/mol. The fourth-order valence-electron chi connectivity index (χ4n) is 1.91. The van der Waals surface area contributed by atoms with Gasteiger partial charge in [0, 0.05) is 19.2 Å². The van der Waals surface area contributed by atoms with E-state index in [1.165, 1.54) is 19.2 Å². The van der Waals surface area contributed by atoms with Crippen molar-refractivity contribution in [2.24, 2.45) is 0 Å². The van der Waals surface area contributed by atoms with Gasteiger partial charge in [-0.1, -0.05) is 12.1 Å². The largest absolute Gasteiger partial charge is 0.488 e. The summed E-state index contributed by atoms with van der Waals surface area (Å²) < 4.78 is 10.5. The second kappa shape index (κ2) is 7.33. The third-order valence-electron chi connectivity index (χ3n) is 3.00. The SMILES string of the molecule is COCC(=O)c1ccccc1OCc1ccc([N+](=O)[O-])cc1. The van der Waals surface area contributed by atoms with Crippen molar-refractivity contribution < 1.29 is 19.2 Å². The van der Waals surface area contributed by atoms with Gasteiger partial charge in [-0.25, -0.2) is 0 Å². The van der Waals surface area contributed by atoms with E-state index in [1.54, 1.807) is 36.4 Å².